The summed E-state index contributed by atoms with van der Waals surface area (Å²) in [4.78, 5) is 22.6. The van der Waals surface area contributed by atoms with Crippen molar-refractivity contribution in [3.05, 3.63) is 100 Å². The number of nitrogens with zero attached hydrogens (tertiary/aromatic N) is 3. The van der Waals surface area contributed by atoms with E-state index in [1.807, 2.05) is 18.2 Å². The van der Waals surface area contributed by atoms with Gasteiger partial charge in [0, 0.05) is 6.07 Å². The number of hydrogen-bond acceptors (Lipinski definition) is 7. The summed E-state index contributed by atoms with van der Waals surface area (Å²) >= 11 is 0. The molecule has 0 fully saturated rings. The Morgan fingerprint density at radius 3 is 2.27 bits per heavy atom. The largest absolute Gasteiger partial charge is 0.379 e. The zero-order valence-corrected chi connectivity index (χ0v) is 18.1. The molecule has 4 rings (SSSR count). The van der Waals surface area contributed by atoms with Gasteiger partial charge in [-0.25, -0.2) is 0 Å². The first-order valence-corrected chi connectivity index (χ1v) is 11.1. The molecular weight excluding hydrogens is 446 g/mol. The summed E-state index contributed by atoms with van der Waals surface area (Å²) in [5.74, 6) is -0.303. The maximum atomic E-state index is 12.8. The smallest absolute Gasteiger partial charge is 0.346 e. The Labute approximate surface area is 189 Å². The predicted molar refractivity (Wildman–Crippen MR) is 122 cm³/mol. The second kappa shape index (κ2) is 8.67. The molecule has 0 unspecified atom stereocenters. The Morgan fingerprint density at radius 1 is 0.970 bits per heavy atom. The van der Waals surface area contributed by atoms with Crippen molar-refractivity contribution in [3.8, 4) is 5.75 Å². The van der Waals surface area contributed by atoms with Crippen molar-refractivity contribution in [1.29, 1.82) is 0 Å². The van der Waals surface area contributed by atoms with E-state index in [1.54, 1.807) is 37.3 Å². The summed E-state index contributed by atoms with van der Waals surface area (Å²) in [5, 5.41) is 16.8. The first kappa shape index (κ1) is 21.9. The molecule has 3 aromatic carbocycles. The average molecular weight is 463 g/mol. The van der Waals surface area contributed by atoms with E-state index in [1.165, 1.54) is 29.3 Å². The highest BCUT2D eigenvalue weighted by Gasteiger charge is 2.29. The van der Waals surface area contributed by atoms with Crippen molar-refractivity contribution < 1.29 is 22.3 Å². The molecule has 0 aromatic heterocycles. The number of anilines is 1. The summed E-state index contributed by atoms with van der Waals surface area (Å²) < 4.78 is 30.2. The lowest BCUT2D eigenvalue weighted by atomic mass is 10.1. The fraction of sp³-hybridized carbons (Fsp3) is 0.0435. The van der Waals surface area contributed by atoms with Crippen LogP contribution in [0, 0.1) is 10.1 Å². The highest BCUT2D eigenvalue weighted by molar-refractivity contribution is 7.87. The van der Waals surface area contributed by atoms with Crippen LogP contribution in [0.2, 0.25) is 0 Å². The van der Waals surface area contributed by atoms with E-state index in [9.17, 15) is 23.3 Å². The zero-order valence-electron chi connectivity index (χ0n) is 17.3. The molecule has 1 heterocycles. The summed E-state index contributed by atoms with van der Waals surface area (Å²) in [6.45, 7) is 1.73. The Kier molecular flexibility index (Phi) is 5.76. The number of amides is 1. The van der Waals surface area contributed by atoms with Crippen molar-refractivity contribution in [2.75, 3.05) is 5.01 Å². The molecule has 1 aliphatic rings. The van der Waals surface area contributed by atoms with E-state index >= 15 is 0 Å². The molecule has 0 spiro atoms. The van der Waals surface area contributed by atoms with Crippen LogP contribution in [0.4, 0.5) is 11.4 Å². The van der Waals surface area contributed by atoms with Crippen molar-refractivity contribution in [2.45, 2.75) is 11.8 Å². The van der Waals surface area contributed by atoms with E-state index in [-0.39, 0.29) is 11.7 Å². The minimum atomic E-state index is -4.42. The van der Waals surface area contributed by atoms with Gasteiger partial charge >= 0.3 is 10.1 Å². The number of carbonyl (C=O) groups excluding carboxylic acids is 1. The molecule has 3 aromatic rings. The lowest BCUT2D eigenvalue weighted by Crippen LogP contribution is -2.21. The van der Waals surface area contributed by atoms with Crippen molar-refractivity contribution in [1.82, 2.24) is 0 Å². The lowest BCUT2D eigenvalue weighted by Gasteiger charge is -2.11. The lowest BCUT2D eigenvalue weighted by molar-refractivity contribution is -0.387. The Balaban J connectivity index is 1.55. The topological polar surface area (TPSA) is 119 Å². The van der Waals surface area contributed by atoms with Gasteiger partial charge in [0.2, 0.25) is 0 Å². The second-order valence-corrected chi connectivity index (χ2v) is 8.54. The molecule has 1 aliphatic heterocycles. The number of nitro benzene ring substituents is 1. The van der Waals surface area contributed by atoms with Gasteiger partial charge in [0.05, 0.1) is 21.9 Å². The Bertz CT molecular complexity index is 1400. The first-order chi connectivity index (χ1) is 15.8. The monoisotopic (exact) mass is 463 g/mol. The van der Waals surface area contributed by atoms with Crippen LogP contribution in [0.1, 0.15) is 12.5 Å². The molecule has 0 atom stereocenters. The highest BCUT2D eigenvalue weighted by Crippen LogP contribution is 2.28. The molecule has 0 saturated carbocycles. The van der Waals surface area contributed by atoms with Crippen LogP contribution < -0.4 is 9.19 Å². The van der Waals surface area contributed by atoms with E-state index in [0.29, 0.717) is 22.5 Å². The first-order valence-electron chi connectivity index (χ1n) is 9.71. The molecule has 0 bridgehead atoms. The molecule has 0 aliphatic carbocycles. The maximum Gasteiger partial charge on any atom is 0.346 e. The van der Waals surface area contributed by atoms with Gasteiger partial charge in [-0.05, 0) is 48.9 Å². The fourth-order valence-electron chi connectivity index (χ4n) is 3.21. The van der Waals surface area contributed by atoms with Gasteiger partial charge in [-0.2, -0.15) is 18.5 Å². The Morgan fingerprint density at radius 2 is 1.61 bits per heavy atom. The number of rotatable bonds is 6. The molecule has 166 valence electrons. The van der Waals surface area contributed by atoms with Crippen LogP contribution in [-0.4, -0.2) is 25.0 Å². The molecule has 33 heavy (non-hydrogen) atoms. The fourth-order valence-corrected chi connectivity index (χ4v) is 4.30. The van der Waals surface area contributed by atoms with Crippen LogP contribution >= 0.6 is 0 Å². The summed E-state index contributed by atoms with van der Waals surface area (Å²) in [7, 11) is -4.42. The third-order valence-corrected chi connectivity index (χ3v) is 6.09. The number of hydrazone groups is 1. The van der Waals surface area contributed by atoms with E-state index in [0.717, 1.165) is 12.1 Å². The van der Waals surface area contributed by atoms with Gasteiger partial charge in [-0.15, -0.1) is 0 Å². The normalized spacial score (nSPS) is 14.9. The molecule has 10 heteroatoms. The number of benzene rings is 3. The third kappa shape index (κ3) is 4.51. The quantitative estimate of drug-likeness (QED) is 0.234. The van der Waals surface area contributed by atoms with Crippen molar-refractivity contribution >= 4 is 39.2 Å². The van der Waals surface area contributed by atoms with Crippen LogP contribution in [0.5, 0.6) is 5.75 Å². The molecule has 1 amide bonds. The highest BCUT2D eigenvalue weighted by atomic mass is 32.2. The summed E-state index contributed by atoms with van der Waals surface area (Å²) in [6.07, 6.45) is 1.64. The number of hydrogen-bond donors (Lipinski definition) is 0. The molecular formula is C23H17N3O6S. The summed E-state index contributed by atoms with van der Waals surface area (Å²) in [5.41, 5.74) is 1.65. The van der Waals surface area contributed by atoms with Crippen LogP contribution in [0.3, 0.4) is 0 Å². The predicted octanol–water partition coefficient (Wildman–Crippen LogP) is 4.17. The average Bonchev–Trinajstić information content (AvgIpc) is 3.09. The van der Waals surface area contributed by atoms with Gasteiger partial charge < -0.3 is 4.18 Å². The van der Waals surface area contributed by atoms with Crippen LogP contribution in [0.15, 0.2) is 94.4 Å². The number of para-hydroxylation sites is 2. The van der Waals surface area contributed by atoms with Gasteiger partial charge in [0.25, 0.3) is 11.6 Å². The van der Waals surface area contributed by atoms with Crippen molar-refractivity contribution in [2.24, 2.45) is 5.10 Å². The maximum absolute atomic E-state index is 12.8. The van der Waals surface area contributed by atoms with E-state index < -0.39 is 25.6 Å². The Hall–Kier alpha value is -4.31. The molecule has 0 saturated heterocycles. The minimum absolute atomic E-state index is 0.0237. The van der Waals surface area contributed by atoms with Crippen LogP contribution in [-0.2, 0) is 14.9 Å². The number of nitro groups is 1. The number of carbonyl (C=O) groups is 1. The molecule has 0 radical (unpaired) electrons. The summed E-state index contributed by atoms with van der Waals surface area (Å²) in [6, 6.07) is 19.9. The van der Waals surface area contributed by atoms with Gasteiger partial charge in [0.15, 0.2) is 4.90 Å². The van der Waals surface area contributed by atoms with Crippen LogP contribution in [0.25, 0.3) is 6.08 Å². The minimum Gasteiger partial charge on any atom is -0.379 e. The zero-order chi connectivity index (χ0) is 23.6. The van der Waals surface area contributed by atoms with Gasteiger partial charge in [0.1, 0.15) is 5.75 Å². The molecule has 9 nitrogen and oxygen atoms in total. The SMILES string of the molecule is CC1=NN(c2ccccc2)C(=O)C1=Cc1ccc(OS(=O)(=O)c2ccccc2[N+](=O)[O-])cc1. The second-order valence-electron chi connectivity index (χ2n) is 7.03. The van der Waals surface area contributed by atoms with Gasteiger partial charge in [-0.3, -0.25) is 14.9 Å². The van der Waals surface area contributed by atoms with E-state index in [4.69, 9.17) is 4.18 Å². The van der Waals surface area contributed by atoms with E-state index in [2.05, 4.69) is 5.10 Å². The standard InChI is InChI=1S/C23H17N3O6S/c1-16-20(23(27)25(24-16)18-7-3-2-4-8-18)15-17-11-13-19(14-12-17)32-33(30,31)22-10-6-5-9-21(22)26(28)29/h2-15H,1H3. The molecule has 0 N–H and O–H groups in total. The van der Waals surface area contributed by atoms with Crippen molar-refractivity contribution in [3.63, 3.8) is 0 Å². The third-order valence-electron chi connectivity index (χ3n) is 4.79. The van der Waals surface area contributed by atoms with Gasteiger partial charge in [-0.1, -0.05) is 42.5 Å².